The summed E-state index contributed by atoms with van der Waals surface area (Å²) in [5.41, 5.74) is 1.22. The minimum atomic E-state index is 0.381. The largest absolute Gasteiger partial charge is 0.494 e. The Bertz CT molecular complexity index is 385. The smallest absolute Gasteiger partial charge is 0.132 e. The molecular formula is C17H26O2. The van der Waals surface area contributed by atoms with Gasteiger partial charge in [-0.1, -0.05) is 32.4 Å². The standard InChI is InChI=1S/C17H26O2/c1-4-15(13-16(18)5-2)9-7-11-19-17-10-6-8-14(3)12-17/h6,8,10,12,15H,4-5,7,9,11,13H2,1-3H3. The maximum absolute atomic E-state index is 11.4. The van der Waals surface area contributed by atoms with Gasteiger partial charge in [0, 0.05) is 12.8 Å². The molecule has 1 unspecified atom stereocenters. The average molecular weight is 262 g/mol. The molecule has 0 N–H and O–H groups in total. The summed E-state index contributed by atoms with van der Waals surface area (Å²) in [5, 5.41) is 0. The van der Waals surface area contributed by atoms with E-state index in [-0.39, 0.29) is 0 Å². The Hall–Kier alpha value is -1.31. The second-order valence-electron chi connectivity index (χ2n) is 5.18. The fraction of sp³-hybridized carbons (Fsp3) is 0.588. The van der Waals surface area contributed by atoms with Crippen molar-refractivity contribution in [2.24, 2.45) is 5.92 Å². The maximum Gasteiger partial charge on any atom is 0.132 e. The Morgan fingerprint density at radius 1 is 1.32 bits per heavy atom. The molecule has 1 atom stereocenters. The second-order valence-corrected chi connectivity index (χ2v) is 5.18. The first kappa shape index (κ1) is 15.7. The molecule has 1 aromatic rings. The van der Waals surface area contributed by atoms with Crippen LogP contribution in [0.4, 0.5) is 0 Å². The molecule has 0 spiro atoms. The van der Waals surface area contributed by atoms with E-state index in [0.29, 0.717) is 18.1 Å². The van der Waals surface area contributed by atoms with Crippen LogP contribution in [0.5, 0.6) is 5.75 Å². The third-order valence-electron chi connectivity index (χ3n) is 3.50. The molecule has 0 radical (unpaired) electrons. The number of hydrogen-bond acceptors (Lipinski definition) is 2. The molecule has 0 aliphatic heterocycles. The van der Waals surface area contributed by atoms with Gasteiger partial charge in [-0.15, -0.1) is 0 Å². The number of Topliss-reactive ketones (excluding diaryl/α,β-unsaturated/α-hetero) is 1. The van der Waals surface area contributed by atoms with Crippen LogP contribution < -0.4 is 4.74 Å². The Labute approximate surface area is 117 Å². The minimum absolute atomic E-state index is 0.381. The van der Waals surface area contributed by atoms with Crippen molar-refractivity contribution >= 4 is 5.78 Å². The molecule has 1 aromatic carbocycles. The van der Waals surface area contributed by atoms with Crippen molar-refractivity contribution in [3.63, 3.8) is 0 Å². The van der Waals surface area contributed by atoms with Crippen LogP contribution in [0.3, 0.4) is 0 Å². The lowest BCUT2D eigenvalue weighted by Gasteiger charge is -2.14. The summed E-state index contributed by atoms with van der Waals surface area (Å²) in [4.78, 5) is 11.4. The highest BCUT2D eigenvalue weighted by Crippen LogP contribution is 2.18. The molecule has 1 rings (SSSR count). The molecule has 0 saturated carbocycles. The van der Waals surface area contributed by atoms with Gasteiger partial charge in [0.2, 0.25) is 0 Å². The van der Waals surface area contributed by atoms with E-state index >= 15 is 0 Å². The zero-order valence-corrected chi connectivity index (χ0v) is 12.4. The van der Waals surface area contributed by atoms with Gasteiger partial charge in [-0.3, -0.25) is 4.79 Å². The lowest BCUT2D eigenvalue weighted by Crippen LogP contribution is -2.09. The lowest BCUT2D eigenvalue weighted by molar-refractivity contribution is -0.119. The van der Waals surface area contributed by atoms with Crippen LogP contribution >= 0.6 is 0 Å². The molecule has 0 amide bonds. The summed E-state index contributed by atoms with van der Waals surface area (Å²) in [6.07, 6.45) is 4.57. The van der Waals surface area contributed by atoms with Crippen molar-refractivity contribution in [1.29, 1.82) is 0 Å². The molecule has 106 valence electrons. The van der Waals surface area contributed by atoms with E-state index in [0.717, 1.165) is 38.0 Å². The molecular weight excluding hydrogens is 236 g/mol. The SMILES string of the molecule is CCC(=O)CC(CC)CCCOc1cccc(C)c1. The third-order valence-corrected chi connectivity index (χ3v) is 3.50. The van der Waals surface area contributed by atoms with E-state index in [1.54, 1.807) is 0 Å². The Balaban J connectivity index is 2.23. The molecule has 19 heavy (non-hydrogen) atoms. The Morgan fingerprint density at radius 3 is 2.74 bits per heavy atom. The van der Waals surface area contributed by atoms with Crippen molar-refractivity contribution in [2.45, 2.75) is 52.9 Å². The number of rotatable bonds is 9. The fourth-order valence-corrected chi connectivity index (χ4v) is 2.18. The zero-order valence-electron chi connectivity index (χ0n) is 12.4. The summed E-state index contributed by atoms with van der Waals surface area (Å²) < 4.78 is 5.73. The van der Waals surface area contributed by atoms with E-state index in [1.165, 1.54) is 5.56 Å². The van der Waals surface area contributed by atoms with Crippen LogP contribution in [0.25, 0.3) is 0 Å². The molecule has 0 heterocycles. The highest BCUT2D eigenvalue weighted by Gasteiger charge is 2.10. The summed E-state index contributed by atoms with van der Waals surface area (Å²) in [6, 6.07) is 8.12. The molecule has 0 aliphatic rings. The summed E-state index contributed by atoms with van der Waals surface area (Å²) in [5.74, 6) is 1.85. The van der Waals surface area contributed by atoms with Crippen molar-refractivity contribution in [3.8, 4) is 5.75 Å². The van der Waals surface area contributed by atoms with Gasteiger partial charge in [0.1, 0.15) is 11.5 Å². The molecule has 0 bridgehead atoms. The summed E-state index contributed by atoms with van der Waals surface area (Å²) >= 11 is 0. The van der Waals surface area contributed by atoms with Crippen molar-refractivity contribution in [3.05, 3.63) is 29.8 Å². The fourth-order valence-electron chi connectivity index (χ4n) is 2.18. The summed E-state index contributed by atoms with van der Waals surface area (Å²) in [6.45, 7) is 6.90. The van der Waals surface area contributed by atoms with Gasteiger partial charge in [-0.25, -0.2) is 0 Å². The Morgan fingerprint density at radius 2 is 2.11 bits per heavy atom. The van der Waals surface area contributed by atoms with Gasteiger partial charge in [-0.2, -0.15) is 0 Å². The number of carbonyl (C=O) groups excluding carboxylic acids is 1. The van der Waals surface area contributed by atoms with Crippen LogP contribution in [0.1, 0.15) is 51.5 Å². The molecule has 2 nitrogen and oxygen atoms in total. The third kappa shape index (κ3) is 6.42. The van der Waals surface area contributed by atoms with Crippen LogP contribution in [-0.2, 0) is 4.79 Å². The highest BCUT2D eigenvalue weighted by atomic mass is 16.5. The van der Waals surface area contributed by atoms with Gasteiger partial charge < -0.3 is 4.74 Å². The van der Waals surface area contributed by atoms with Gasteiger partial charge in [0.15, 0.2) is 0 Å². The highest BCUT2D eigenvalue weighted by molar-refractivity contribution is 5.78. The lowest BCUT2D eigenvalue weighted by atomic mass is 9.94. The first-order chi connectivity index (χ1) is 9.15. The van der Waals surface area contributed by atoms with Gasteiger partial charge in [0.05, 0.1) is 6.61 Å². The number of benzene rings is 1. The van der Waals surface area contributed by atoms with Crippen LogP contribution in [0, 0.1) is 12.8 Å². The van der Waals surface area contributed by atoms with Crippen LogP contribution in [-0.4, -0.2) is 12.4 Å². The molecule has 0 saturated heterocycles. The topological polar surface area (TPSA) is 26.3 Å². The van der Waals surface area contributed by atoms with E-state index < -0.39 is 0 Å². The predicted molar refractivity (Wildman–Crippen MR) is 79.6 cm³/mol. The molecule has 2 heteroatoms. The number of aryl methyl sites for hydroxylation is 1. The first-order valence-corrected chi connectivity index (χ1v) is 7.36. The minimum Gasteiger partial charge on any atom is -0.494 e. The average Bonchev–Trinajstić information content (AvgIpc) is 2.42. The van der Waals surface area contributed by atoms with E-state index in [1.807, 2.05) is 19.1 Å². The molecule has 0 aliphatic carbocycles. The summed E-state index contributed by atoms with van der Waals surface area (Å²) in [7, 11) is 0. The normalized spacial score (nSPS) is 12.2. The van der Waals surface area contributed by atoms with Crippen LogP contribution in [0.2, 0.25) is 0 Å². The predicted octanol–water partition coefficient (Wildman–Crippen LogP) is 4.55. The van der Waals surface area contributed by atoms with Gasteiger partial charge in [0.25, 0.3) is 0 Å². The maximum atomic E-state index is 11.4. The second kappa shape index (κ2) is 8.73. The zero-order chi connectivity index (χ0) is 14.1. The number of hydrogen-bond donors (Lipinski definition) is 0. The van der Waals surface area contributed by atoms with Crippen LogP contribution in [0.15, 0.2) is 24.3 Å². The van der Waals surface area contributed by atoms with Crippen molar-refractivity contribution in [2.75, 3.05) is 6.61 Å². The van der Waals surface area contributed by atoms with E-state index in [9.17, 15) is 4.79 Å². The van der Waals surface area contributed by atoms with Crippen molar-refractivity contribution in [1.82, 2.24) is 0 Å². The number of carbonyl (C=O) groups is 1. The van der Waals surface area contributed by atoms with E-state index in [2.05, 4.69) is 26.0 Å². The van der Waals surface area contributed by atoms with E-state index in [4.69, 9.17) is 4.74 Å². The first-order valence-electron chi connectivity index (χ1n) is 7.36. The van der Waals surface area contributed by atoms with Crippen molar-refractivity contribution < 1.29 is 9.53 Å². The Kier molecular flexibility index (Phi) is 7.24. The number of ether oxygens (including phenoxy) is 1. The van der Waals surface area contributed by atoms with Gasteiger partial charge >= 0.3 is 0 Å². The quantitative estimate of drug-likeness (QED) is 0.610. The number of ketones is 1. The monoisotopic (exact) mass is 262 g/mol. The van der Waals surface area contributed by atoms with Gasteiger partial charge in [-0.05, 0) is 43.4 Å². The molecule has 0 aromatic heterocycles. The molecule has 0 fully saturated rings.